The summed E-state index contributed by atoms with van der Waals surface area (Å²) in [7, 11) is 0. The van der Waals surface area contributed by atoms with Crippen LogP contribution < -0.4 is 5.32 Å². The summed E-state index contributed by atoms with van der Waals surface area (Å²) in [6.07, 6.45) is 2.17. The highest BCUT2D eigenvalue weighted by Crippen LogP contribution is 2.30. The van der Waals surface area contributed by atoms with Crippen molar-refractivity contribution in [2.24, 2.45) is 5.92 Å². The van der Waals surface area contributed by atoms with Crippen LogP contribution in [0.4, 0.5) is 0 Å². The highest BCUT2D eigenvalue weighted by atomic mass is 16.4. The third kappa shape index (κ3) is 2.25. The first-order chi connectivity index (χ1) is 7.68. The predicted molar refractivity (Wildman–Crippen MR) is 62.3 cm³/mol. The fourth-order valence-electron chi connectivity index (χ4n) is 2.18. The Kier molecular flexibility index (Phi) is 3.25. The molecule has 0 amide bonds. The monoisotopic (exact) mass is 219 g/mol. The van der Waals surface area contributed by atoms with Crippen LogP contribution in [0.25, 0.3) is 0 Å². The van der Waals surface area contributed by atoms with E-state index in [0.29, 0.717) is 12.6 Å². The molecule has 2 N–H and O–H groups in total. The largest absolute Gasteiger partial charge is 0.481 e. The van der Waals surface area contributed by atoms with Gasteiger partial charge in [0.1, 0.15) is 0 Å². The van der Waals surface area contributed by atoms with Crippen LogP contribution in [0.5, 0.6) is 0 Å². The number of fused-ring (bicyclic) bond motifs is 1. The van der Waals surface area contributed by atoms with Gasteiger partial charge in [-0.3, -0.25) is 4.79 Å². The minimum Gasteiger partial charge on any atom is -0.481 e. The van der Waals surface area contributed by atoms with Gasteiger partial charge >= 0.3 is 5.97 Å². The van der Waals surface area contributed by atoms with Crippen molar-refractivity contribution in [1.82, 2.24) is 5.32 Å². The summed E-state index contributed by atoms with van der Waals surface area (Å²) in [6, 6.07) is 8.71. The Morgan fingerprint density at radius 1 is 1.56 bits per heavy atom. The second-order valence-electron chi connectivity index (χ2n) is 4.44. The van der Waals surface area contributed by atoms with Gasteiger partial charge in [-0.2, -0.15) is 0 Å². The fourth-order valence-corrected chi connectivity index (χ4v) is 2.18. The van der Waals surface area contributed by atoms with Crippen molar-refractivity contribution in [3.8, 4) is 0 Å². The van der Waals surface area contributed by atoms with Crippen molar-refractivity contribution in [1.29, 1.82) is 0 Å². The third-order valence-electron chi connectivity index (χ3n) is 3.22. The molecule has 0 saturated heterocycles. The van der Waals surface area contributed by atoms with Crippen LogP contribution in [-0.4, -0.2) is 17.6 Å². The van der Waals surface area contributed by atoms with Crippen LogP contribution in [0.15, 0.2) is 24.3 Å². The summed E-state index contributed by atoms with van der Waals surface area (Å²) in [4.78, 5) is 10.7. The molecule has 3 nitrogen and oxygen atoms in total. The van der Waals surface area contributed by atoms with Crippen molar-refractivity contribution in [2.45, 2.75) is 25.8 Å². The van der Waals surface area contributed by atoms with E-state index in [4.69, 9.17) is 5.11 Å². The lowest BCUT2D eigenvalue weighted by Crippen LogP contribution is -2.28. The second-order valence-corrected chi connectivity index (χ2v) is 4.44. The quantitative estimate of drug-likeness (QED) is 0.814. The standard InChI is InChI=1S/C13H17NO2/c1-9(13(15)16)8-14-12-7-6-10-4-2-3-5-11(10)12/h2-5,9,12,14H,6-8H2,1H3,(H,15,16). The number of carboxylic acids is 1. The zero-order valence-corrected chi connectivity index (χ0v) is 9.44. The lowest BCUT2D eigenvalue weighted by molar-refractivity contribution is -0.141. The first-order valence-electron chi connectivity index (χ1n) is 5.72. The number of rotatable bonds is 4. The van der Waals surface area contributed by atoms with Crippen LogP contribution in [0.2, 0.25) is 0 Å². The normalized spacial score (nSPS) is 20.4. The van der Waals surface area contributed by atoms with Gasteiger partial charge in [0.25, 0.3) is 0 Å². The van der Waals surface area contributed by atoms with E-state index in [0.717, 1.165) is 12.8 Å². The average molecular weight is 219 g/mol. The lowest BCUT2D eigenvalue weighted by atomic mass is 10.1. The molecule has 0 spiro atoms. The van der Waals surface area contributed by atoms with Gasteiger partial charge in [0.05, 0.1) is 5.92 Å². The third-order valence-corrected chi connectivity index (χ3v) is 3.22. The fraction of sp³-hybridized carbons (Fsp3) is 0.462. The van der Waals surface area contributed by atoms with E-state index in [1.54, 1.807) is 6.92 Å². The number of benzene rings is 1. The highest BCUT2D eigenvalue weighted by molar-refractivity contribution is 5.69. The van der Waals surface area contributed by atoms with Crippen molar-refractivity contribution in [2.75, 3.05) is 6.54 Å². The average Bonchev–Trinajstić information content (AvgIpc) is 2.69. The Morgan fingerprint density at radius 3 is 3.06 bits per heavy atom. The minimum atomic E-state index is -0.737. The molecule has 2 atom stereocenters. The van der Waals surface area contributed by atoms with Crippen LogP contribution in [0, 0.1) is 5.92 Å². The van der Waals surface area contributed by atoms with E-state index in [9.17, 15) is 4.79 Å². The van der Waals surface area contributed by atoms with Gasteiger partial charge in [-0.1, -0.05) is 31.2 Å². The molecule has 16 heavy (non-hydrogen) atoms. The molecule has 0 heterocycles. The van der Waals surface area contributed by atoms with Crippen LogP contribution in [0.1, 0.15) is 30.5 Å². The topological polar surface area (TPSA) is 49.3 Å². The molecule has 3 heteroatoms. The Labute approximate surface area is 95.5 Å². The van der Waals surface area contributed by atoms with Crippen LogP contribution >= 0.6 is 0 Å². The van der Waals surface area contributed by atoms with Gasteiger partial charge < -0.3 is 10.4 Å². The van der Waals surface area contributed by atoms with E-state index in [1.807, 2.05) is 6.07 Å². The molecule has 0 aliphatic heterocycles. The van der Waals surface area contributed by atoms with E-state index < -0.39 is 5.97 Å². The van der Waals surface area contributed by atoms with E-state index in [1.165, 1.54) is 11.1 Å². The summed E-state index contributed by atoms with van der Waals surface area (Å²) in [6.45, 7) is 2.27. The van der Waals surface area contributed by atoms with Crippen LogP contribution in [0.3, 0.4) is 0 Å². The molecule has 1 aromatic rings. The van der Waals surface area contributed by atoms with E-state index in [-0.39, 0.29) is 5.92 Å². The molecule has 1 aliphatic rings. The molecular weight excluding hydrogens is 202 g/mol. The first-order valence-corrected chi connectivity index (χ1v) is 5.72. The molecule has 86 valence electrons. The lowest BCUT2D eigenvalue weighted by Gasteiger charge is -2.15. The van der Waals surface area contributed by atoms with E-state index in [2.05, 4.69) is 23.5 Å². The molecule has 0 aromatic heterocycles. The molecule has 0 saturated carbocycles. The number of hydrogen-bond acceptors (Lipinski definition) is 2. The van der Waals surface area contributed by atoms with Gasteiger partial charge in [-0.15, -0.1) is 0 Å². The van der Waals surface area contributed by atoms with Crippen LogP contribution in [-0.2, 0) is 11.2 Å². The maximum absolute atomic E-state index is 10.7. The first kappa shape index (κ1) is 11.1. The van der Waals surface area contributed by atoms with Crippen molar-refractivity contribution < 1.29 is 9.90 Å². The van der Waals surface area contributed by atoms with Gasteiger partial charge in [0, 0.05) is 12.6 Å². The number of aryl methyl sites for hydroxylation is 1. The smallest absolute Gasteiger partial charge is 0.307 e. The number of carbonyl (C=O) groups is 1. The molecule has 2 rings (SSSR count). The zero-order chi connectivity index (χ0) is 11.5. The minimum absolute atomic E-state index is 0.326. The Bertz CT molecular complexity index is 389. The zero-order valence-electron chi connectivity index (χ0n) is 9.44. The molecule has 0 fully saturated rings. The molecule has 0 bridgehead atoms. The number of aliphatic carboxylic acids is 1. The molecule has 0 radical (unpaired) electrons. The molecular formula is C13H17NO2. The van der Waals surface area contributed by atoms with Gasteiger partial charge in [0.2, 0.25) is 0 Å². The molecule has 1 aromatic carbocycles. The van der Waals surface area contributed by atoms with Crippen molar-refractivity contribution >= 4 is 5.97 Å². The Hall–Kier alpha value is -1.35. The van der Waals surface area contributed by atoms with E-state index >= 15 is 0 Å². The van der Waals surface area contributed by atoms with Crippen molar-refractivity contribution in [3.63, 3.8) is 0 Å². The summed E-state index contributed by atoms with van der Waals surface area (Å²) in [5.41, 5.74) is 2.73. The highest BCUT2D eigenvalue weighted by Gasteiger charge is 2.22. The van der Waals surface area contributed by atoms with Gasteiger partial charge in [0.15, 0.2) is 0 Å². The summed E-state index contributed by atoms with van der Waals surface area (Å²) < 4.78 is 0. The second kappa shape index (κ2) is 4.66. The van der Waals surface area contributed by atoms with Crippen molar-refractivity contribution in [3.05, 3.63) is 35.4 Å². The van der Waals surface area contributed by atoms with Gasteiger partial charge in [-0.25, -0.2) is 0 Å². The predicted octanol–water partition coefficient (Wildman–Crippen LogP) is 1.98. The number of hydrogen-bond donors (Lipinski definition) is 2. The summed E-state index contributed by atoms with van der Waals surface area (Å²) in [5, 5.41) is 12.1. The molecule has 2 unspecified atom stereocenters. The number of carboxylic acid groups (broad SMARTS) is 1. The maximum Gasteiger partial charge on any atom is 0.307 e. The molecule has 1 aliphatic carbocycles. The Balaban J connectivity index is 1.96. The Morgan fingerprint density at radius 2 is 2.31 bits per heavy atom. The maximum atomic E-state index is 10.7. The summed E-state index contributed by atoms with van der Waals surface area (Å²) in [5.74, 6) is -1.06. The SMILES string of the molecule is CC(CNC1CCc2ccccc21)C(=O)O. The van der Waals surface area contributed by atoms with Gasteiger partial charge in [-0.05, 0) is 24.0 Å². The summed E-state index contributed by atoms with van der Waals surface area (Å²) >= 11 is 0. The number of nitrogens with one attached hydrogen (secondary N) is 1.